The number of hydrogen-bond acceptors (Lipinski definition) is 7. The Labute approximate surface area is 167 Å². The average Bonchev–Trinajstić information content (AvgIpc) is 2.72. The van der Waals surface area contributed by atoms with Crippen LogP contribution in [0.5, 0.6) is 11.5 Å². The van der Waals surface area contributed by atoms with Gasteiger partial charge in [-0.15, -0.1) is 0 Å². The van der Waals surface area contributed by atoms with Crippen LogP contribution in [0, 0.1) is 10.1 Å². The summed E-state index contributed by atoms with van der Waals surface area (Å²) in [7, 11) is 4.36. The molecule has 0 bridgehead atoms. The molecule has 0 unspecified atom stereocenters. The summed E-state index contributed by atoms with van der Waals surface area (Å²) in [6.07, 6.45) is 1.67. The van der Waals surface area contributed by atoms with Gasteiger partial charge >= 0.3 is 0 Å². The van der Waals surface area contributed by atoms with Gasteiger partial charge in [0.05, 0.1) is 37.4 Å². The molecule has 1 N–H and O–H groups in total. The van der Waals surface area contributed by atoms with E-state index in [4.69, 9.17) is 14.2 Å². The highest BCUT2D eigenvalue weighted by Gasteiger charge is 2.19. The van der Waals surface area contributed by atoms with Crippen LogP contribution in [0.3, 0.4) is 0 Å². The van der Waals surface area contributed by atoms with Gasteiger partial charge in [-0.05, 0) is 18.6 Å². The number of carbonyl (C=O) groups is 1. The van der Waals surface area contributed by atoms with E-state index in [0.717, 1.165) is 0 Å². The van der Waals surface area contributed by atoms with Crippen LogP contribution >= 0.6 is 0 Å². The zero-order valence-electron chi connectivity index (χ0n) is 16.5. The Bertz CT molecular complexity index is 940. The Balaban J connectivity index is 2.10. The molecule has 1 aromatic heterocycles. The van der Waals surface area contributed by atoms with Gasteiger partial charge in [-0.25, -0.2) is 0 Å². The van der Waals surface area contributed by atoms with Crippen molar-refractivity contribution in [3.63, 3.8) is 0 Å². The molecule has 0 fully saturated rings. The van der Waals surface area contributed by atoms with Crippen molar-refractivity contribution >= 4 is 11.6 Å². The van der Waals surface area contributed by atoms with Crippen LogP contribution in [0.2, 0.25) is 0 Å². The number of nitro benzene ring substituents is 1. The predicted octanol–water partition coefficient (Wildman–Crippen LogP) is 1.39. The summed E-state index contributed by atoms with van der Waals surface area (Å²) < 4.78 is 16.6. The zero-order chi connectivity index (χ0) is 21.4. The van der Waals surface area contributed by atoms with E-state index in [9.17, 15) is 19.7 Å². The maximum absolute atomic E-state index is 12.4. The highest BCUT2D eigenvalue weighted by Crippen LogP contribution is 2.34. The number of carbonyl (C=O) groups excluding carboxylic acids is 1. The lowest BCUT2D eigenvalue weighted by atomic mass is 10.1. The van der Waals surface area contributed by atoms with E-state index in [1.54, 1.807) is 0 Å². The van der Waals surface area contributed by atoms with Gasteiger partial charge in [0.1, 0.15) is 0 Å². The fraction of sp³-hybridized carbons (Fsp3) is 0.368. The topological polar surface area (TPSA) is 122 Å². The molecular weight excluding hydrogens is 382 g/mol. The molecule has 1 heterocycles. The van der Waals surface area contributed by atoms with Crippen molar-refractivity contribution in [2.75, 3.05) is 34.5 Å². The Morgan fingerprint density at radius 3 is 2.48 bits per heavy atom. The van der Waals surface area contributed by atoms with E-state index < -0.39 is 4.92 Å². The molecule has 10 heteroatoms. The van der Waals surface area contributed by atoms with Crippen molar-refractivity contribution in [2.45, 2.75) is 13.0 Å². The van der Waals surface area contributed by atoms with Crippen LogP contribution in [0.15, 0.2) is 35.3 Å². The quantitative estimate of drug-likeness (QED) is 0.468. The second-order valence-corrected chi connectivity index (χ2v) is 6.04. The third-order valence-corrected chi connectivity index (χ3v) is 4.24. The number of aromatic nitrogens is 1. The minimum atomic E-state index is -0.509. The number of methoxy groups -OCH3 is 3. The van der Waals surface area contributed by atoms with Crippen molar-refractivity contribution in [1.29, 1.82) is 0 Å². The van der Waals surface area contributed by atoms with Crippen LogP contribution in [0.25, 0.3) is 0 Å². The van der Waals surface area contributed by atoms with Gasteiger partial charge in [-0.1, -0.05) is 0 Å². The van der Waals surface area contributed by atoms with Crippen LogP contribution in [-0.2, 0) is 17.7 Å². The van der Waals surface area contributed by atoms with Crippen LogP contribution in [0.4, 0.5) is 5.69 Å². The highest BCUT2D eigenvalue weighted by atomic mass is 16.6. The first-order valence-electron chi connectivity index (χ1n) is 8.78. The Morgan fingerprint density at radius 2 is 1.86 bits per heavy atom. The van der Waals surface area contributed by atoms with Crippen molar-refractivity contribution in [3.05, 3.63) is 62.1 Å². The molecular formula is C19H23N3O7. The third-order valence-electron chi connectivity index (χ3n) is 4.24. The number of rotatable bonds is 10. The number of ether oxygens (including phenoxy) is 3. The van der Waals surface area contributed by atoms with Crippen molar-refractivity contribution in [3.8, 4) is 11.5 Å². The van der Waals surface area contributed by atoms with Gasteiger partial charge in [-0.3, -0.25) is 19.7 Å². The van der Waals surface area contributed by atoms with Gasteiger partial charge in [0.2, 0.25) is 0 Å². The molecule has 0 aliphatic rings. The minimum absolute atomic E-state index is 0.120. The van der Waals surface area contributed by atoms with Gasteiger partial charge in [0, 0.05) is 38.0 Å². The molecule has 2 aromatic rings. The van der Waals surface area contributed by atoms with E-state index in [-0.39, 0.29) is 35.9 Å². The highest BCUT2D eigenvalue weighted by molar-refractivity contribution is 5.93. The summed E-state index contributed by atoms with van der Waals surface area (Å²) in [5.41, 5.74) is 0.352. The number of nitrogens with one attached hydrogen (secondary N) is 1. The lowest BCUT2D eigenvalue weighted by Gasteiger charge is -2.11. The number of nitrogens with zero attached hydrogens (tertiary/aromatic N) is 2. The van der Waals surface area contributed by atoms with Crippen LogP contribution in [-0.4, -0.2) is 49.9 Å². The molecule has 0 saturated heterocycles. The summed E-state index contributed by atoms with van der Waals surface area (Å²) in [5, 5.41) is 14.0. The molecule has 0 aliphatic heterocycles. The van der Waals surface area contributed by atoms with Gasteiger partial charge < -0.3 is 24.1 Å². The molecule has 0 saturated carbocycles. The summed E-state index contributed by atoms with van der Waals surface area (Å²) in [6, 6.07) is 5.55. The zero-order valence-corrected chi connectivity index (χ0v) is 16.5. The first kappa shape index (κ1) is 21.9. The second-order valence-electron chi connectivity index (χ2n) is 6.04. The summed E-state index contributed by atoms with van der Waals surface area (Å²) >= 11 is 0. The molecule has 156 valence electrons. The van der Waals surface area contributed by atoms with Crippen molar-refractivity contribution < 1.29 is 23.9 Å². The van der Waals surface area contributed by atoms with Crippen molar-refractivity contribution in [2.24, 2.45) is 0 Å². The largest absolute Gasteiger partial charge is 0.493 e. The average molecular weight is 405 g/mol. The molecule has 1 aromatic carbocycles. The predicted molar refractivity (Wildman–Crippen MR) is 105 cm³/mol. The summed E-state index contributed by atoms with van der Waals surface area (Å²) in [4.78, 5) is 35.0. The minimum Gasteiger partial charge on any atom is -0.493 e. The SMILES string of the molecule is COCCn1cc(C(=O)NCCc2cc(OC)c(OC)cc2[N+](=O)[O-])ccc1=O. The maximum Gasteiger partial charge on any atom is 0.276 e. The standard InChI is InChI=1S/C19H23N3O7/c1-27-9-8-21-12-14(4-5-18(21)23)19(24)20-7-6-13-10-16(28-2)17(29-3)11-15(13)22(25)26/h4-5,10-12H,6-9H2,1-3H3,(H,20,24). The molecule has 0 radical (unpaired) electrons. The van der Waals surface area contributed by atoms with Gasteiger partial charge in [-0.2, -0.15) is 0 Å². The van der Waals surface area contributed by atoms with Crippen LogP contribution < -0.4 is 20.3 Å². The Hall–Kier alpha value is -3.40. The number of benzene rings is 1. The Morgan fingerprint density at radius 1 is 1.17 bits per heavy atom. The third kappa shape index (κ3) is 5.55. The Kier molecular flexibility index (Phi) is 7.72. The summed E-state index contributed by atoms with van der Waals surface area (Å²) in [6.45, 7) is 0.828. The molecule has 10 nitrogen and oxygen atoms in total. The maximum atomic E-state index is 12.4. The van der Waals surface area contributed by atoms with E-state index in [0.29, 0.717) is 30.0 Å². The van der Waals surface area contributed by atoms with Crippen molar-refractivity contribution in [1.82, 2.24) is 9.88 Å². The number of pyridine rings is 1. The van der Waals surface area contributed by atoms with Gasteiger partial charge in [0.25, 0.3) is 17.2 Å². The second kappa shape index (κ2) is 10.2. The molecule has 0 aliphatic carbocycles. The molecule has 29 heavy (non-hydrogen) atoms. The van der Waals surface area contributed by atoms with Gasteiger partial charge in [0.15, 0.2) is 11.5 Å². The monoisotopic (exact) mass is 405 g/mol. The molecule has 0 spiro atoms. The fourth-order valence-electron chi connectivity index (χ4n) is 2.72. The molecule has 0 atom stereocenters. The lowest BCUT2D eigenvalue weighted by Crippen LogP contribution is -2.28. The fourth-order valence-corrected chi connectivity index (χ4v) is 2.72. The lowest BCUT2D eigenvalue weighted by molar-refractivity contribution is -0.385. The number of nitro groups is 1. The number of hydrogen-bond donors (Lipinski definition) is 1. The van der Waals surface area contributed by atoms with E-state index >= 15 is 0 Å². The van der Waals surface area contributed by atoms with E-state index in [1.165, 1.54) is 56.4 Å². The normalized spacial score (nSPS) is 10.4. The van der Waals surface area contributed by atoms with E-state index in [2.05, 4.69) is 5.32 Å². The molecule has 1 amide bonds. The first-order valence-corrected chi connectivity index (χ1v) is 8.78. The number of amides is 1. The summed E-state index contributed by atoms with van der Waals surface area (Å²) in [5.74, 6) is 0.231. The van der Waals surface area contributed by atoms with E-state index in [1.807, 2.05) is 0 Å². The first-order chi connectivity index (χ1) is 13.9. The van der Waals surface area contributed by atoms with Crippen LogP contribution in [0.1, 0.15) is 15.9 Å². The smallest absolute Gasteiger partial charge is 0.276 e. The molecule has 2 rings (SSSR count).